The lowest BCUT2D eigenvalue weighted by molar-refractivity contribution is -0.870. The van der Waals surface area contributed by atoms with Crippen LogP contribution in [0.5, 0.6) is 0 Å². The van der Waals surface area contributed by atoms with Gasteiger partial charge in [0.15, 0.2) is 6.10 Å². The van der Waals surface area contributed by atoms with Gasteiger partial charge in [-0.25, -0.2) is 4.79 Å². The molecule has 0 aromatic heterocycles. The van der Waals surface area contributed by atoms with Crippen molar-refractivity contribution in [1.82, 2.24) is 0 Å². The standard InChI is InChI=1S/C52H91NO8/c1-6-8-10-12-14-16-18-20-22-24-25-27-29-31-33-35-37-39-41-43-50(55)61-48(47-60-52(51(56)57)58-45-44-53(3,4)5)46-59-49(54)42-40-38-36-34-32-30-28-26-23-21-19-17-15-13-11-9-7-2/h8,10,14,16,20,22,25,27,31,33,48,52H,6-7,9,11-13,15,17-19,21,23-24,26,28-30,32,34-47H2,1-5H3/p+1/b10-8-,16-14-,22-20-,27-25-,33-31-. The number of likely N-dealkylation sites (N-methyl/N-ethyl adjacent to an activating group) is 1. The summed E-state index contributed by atoms with van der Waals surface area (Å²) in [6.45, 7) is 4.72. The number of unbranched alkanes of at least 4 members (excludes halogenated alkanes) is 19. The molecule has 0 rings (SSSR count). The van der Waals surface area contributed by atoms with Gasteiger partial charge in [0, 0.05) is 12.8 Å². The lowest BCUT2D eigenvalue weighted by Crippen LogP contribution is -2.40. The first-order valence-corrected chi connectivity index (χ1v) is 24.5. The average molecular weight is 859 g/mol. The molecule has 0 aliphatic rings. The van der Waals surface area contributed by atoms with Gasteiger partial charge in [-0.3, -0.25) is 9.59 Å². The van der Waals surface area contributed by atoms with E-state index in [-0.39, 0.29) is 32.2 Å². The van der Waals surface area contributed by atoms with Crippen LogP contribution in [0.15, 0.2) is 60.8 Å². The molecule has 9 nitrogen and oxygen atoms in total. The molecule has 0 aliphatic carbocycles. The van der Waals surface area contributed by atoms with Gasteiger partial charge in [0.05, 0.1) is 34.4 Å². The molecule has 0 aromatic carbocycles. The van der Waals surface area contributed by atoms with Crippen LogP contribution >= 0.6 is 0 Å². The molecule has 0 saturated heterocycles. The van der Waals surface area contributed by atoms with Crippen LogP contribution in [0.2, 0.25) is 0 Å². The van der Waals surface area contributed by atoms with Crippen LogP contribution in [0.1, 0.15) is 194 Å². The maximum absolute atomic E-state index is 12.8. The van der Waals surface area contributed by atoms with Crippen LogP contribution in [0.3, 0.4) is 0 Å². The number of aliphatic carboxylic acids is 1. The minimum absolute atomic E-state index is 0.179. The minimum atomic E-state index is -1.52. The van der Waals surface area contributed by atoms with Crippen molar-refractivity contribution in [1.29, 1.82) is 0 Å². The summed E-state index contributed by atoms with van der Waals surface area (Å²) in [6.07, 6.45) is 49.9. The molecule has 1 N–H and O–H groups in total. The van der Waals surface area contributed by atoms with Crippen LogP contribution < -0.4 is 0 Å². The molecule has 352 valence electrons. The number of nitrogens with zero attached hydrogens (tertiary/aromatic N) is 1. The van der Waals surface area contributed by atoms with Crippen molar-refractivity contribution in [3.8, 4) is 0 Å². The summed E-state index contributed by atoms with van der Waals surface area (Å²) >= 11 is 0. The molecular weight excluding hydrogens is 767 g/mol. The highest BCUT2D eigenvalue weighted by molar-refractivity contribution is 5.71. The summed E-state index contributed by atoms with van der Waals surface area (Å²) in [6, 6.07) is 0. The van der Waals surface area contributed by atoms with Gasteiger partial charge >= 0.3 is 17.9 Å². The third kappa shape index (κ3) is 44.8. The molecule has 2 atom stereocenters. The van der Waals surface area contributed by atoms with Gasteiger partial charge in [0.2, 0.25) is 0 Å². The fraction of sp³-hybridized carbons (Fsp3) is 0.750. The summed E-state index contributed by atoms with van der Waals surface area (Å²) in [4.78, 5) is 37.2. The average Bonchev–Trinajstić information content (AvgIpc) is 3.22. The Hall–Kier alpha value is -3.01. The largest absolute Gasteiger partial charge is 0.477 e. The number of carboxylic acid groups (broad SMARTS) is 1. The Morgan fingerprint density at radius 2 is 0.934 bits per heavy atom. The smallest absolute Gasteiger partial charge is 0.361 e. The number of allylic oxidation sites excluding steroid dienone is 10. The molecule has 0 saturated carbocycles. The number of esters is 2. The molecule has 0 amide bonds. The lowest BCUT2D eigenvalue weighted by Gasteiger charge is -2.25. The van der Waals surface area contributed by atoms with Crippen molar-refractivity contribution in [2.45, 2.75) is 206 Å². The number of hydrogen-bond donors (Lipinski definition) is 1. The Labute approximate surface area is 374 Å². The van der Waals surface area contributed by atoms with Crippen LogP contribution in [-0.4, -0.2) is 87.4 Å². The predicted octanol–water partition coefficient (Wildman–Crippen LogP) is 13.3. The van der Waals surface area contributed by atoms with Gasteiger partial charge in [0.25, 0.3) is 6.29 Å². The SMILES string of the molecule is CC/C=C\C/C=C\C/C=C\C/C=C\C/C=C\CCCCCC(=O)OC(COC(=O)CCCCCCCCCCCCCCCCCCC)COC(OCC[N+](C)(C)C)C(=O)O. The zero-order valence-corrected chi connectivity index (χ0v) is 39.8. The number of hydrogen-bond acceptors (Lipinski definition) is 7. The van der Waals surface area contributed by atoms with Gasteiger partial charge in [-0.15, -0.1) is 0 Å². The molecule has 0 fully saturated rings. The molecule has 0 bridgehead atoms. The molecule has 9 heteroatoms. The van der Waals surface area contributed by atoms with Crippen molar-refractivity contribution in [2.75, 3.05) is 47.5 Å². The highest BCUT2D eigenvalue weighted by Crippen LogP contribution is 2.15. The monoisotopic (exact) mass is 859 g/mol. The van der Waals surface area contributed by atoms with Crippen LogP contribution in [-0.2, 0) is 33.3 Å². The summed E-state index contributed by atoms with van der Waals surface area (Å²) in [5.41, 5.74) is 0. The van der Waals surface area contributed by atoms with Crippen LogP contribution in [0, 0.1) is 0 Å². The van der Waals surface area contributed by atoms with E-state index in [4.69, 9.17) is 18.9 Å². The number of carbonyl (C=O) groups is 3. The number of ether oxygens (including phenoxy) is 4. The first-order valence-electron chi connectivity index (χ1n) is 24.5. The first-order chi connectivity index (χ1) is 29.6. The van der Waals surface area contributed by atoms with Gasteiger partial charge in [-0.2, -0.15) is 0 Å². The second-order valence-corrected chi connectivity index (χ2v) is 17.4. The van der Waals surface area contributed by atoms with Crippen LogP contribution in [0.4, 0.5) is 0 Å². The Balaban J connectivity index is 4.45. The quantitative estimate of drug-likeness (QED) is 0.0212. The molecule has 0 spiro atoms. The van der Waals surface area contributed by atoms with Crippen molar-refractivity contribution >= 4 is 17.9 Å². The van der Waals surface area contributed by atoms with E-state index in [1.807, 2.05) is 21.1 Å². The normalized spacial score (nSPS) is 13.4. The molecule has 0 aliphatic heterocycles. The van der Waals surface area contributed by atoms with E-state index >= 15 is 0 Å². The first kappa shape index (κ1) is 58.0. The summed E-state index contributed by atoms with van der Waals surface area (Å²) < 4.78 is 22.7. The van der Waals surface area contributed by atoms with E-state index in [1.54, 1.807) is 0 Å². The Bertz CT molecular complexity index is 1180. The summed E-state index contributed by atoms with van der Waals surface area (Å²) in [7, 11) is 5.94. The highest BCUT2D eigenvalue weighted by atomic mass is 16.7. The van der Waals surface area contributed by atoms with Crippen molar-refractivity contribution in [2.24, 2.45) is 0 Å². The van der Waals surface area contributed by atoms with Gasteiger partial charge in [-0.1, -0.05) is 184 Å². The highest BCUT2D eigenvalue weighted by Gasteiger charge is 2.25. The van der Waals surface area contributed by atoms with E-state index in [1.165, 1.54) is 89.9 Å². The number of carbonyl (C=O) groups excluding carboxylic acids is 2. The van der Waals surface area contributed by atoms with Crippen molar-refractivity contribution in [3.63, 3.8) is 0 Å². The molecule has 0 aromatic rings. The van der Waals surface area contributed by atoms with Crippen molar-refractivity contribution in [3.05, 3.63) is 60.8 Å². The maximum atomic E-state index is 12.8. The third-order valence-electron chi connectivity index (χ3n) is 10.3. The molecule has 2 unspecified atom stereocenters. The minimum Gasteiger partial charge on any atom is -0.477 e. The topological polar surface area (TPSA) is 108 Å². The second kappa shape index (κ2) is 43.6. The number of rotatable bonds is 44. The number of carboxylic acids is 1. The van der Waals surface area contributed by atoms with Gasteiger partial charge in [0.1, 0.15) is 13.2 Å². The second-order valence-electron chi connectivity index (χ2n) is 17.4. The Kier molecular flexibility index (Phi) is 41.5. The zero-order chi connectivity index (χ0) is 44.9. The Morgan fingerprint density at radius 1 is 0.508 bits per heavy atom. The molecule has 61 heavy (non-hydrogen) atoms. The lowest BCUT2D eigenvalue weighted by atomic mass is 10.0. The fourth-order valence-corrected chi connectivity index (χ4v) is 6.51. The van der Waals surface area contributed by atoms with E-state index in [0.29, 0.717) is 23.9 Å². The van der Waals surface area contributed by atoms with E-state index in [0.717, 1.165) is 70.6 Å². The predicted molar refractivity (Wildman–Crippen MR) is 253 cm³/mol. The molecular formula is C52H92NO8+. The summed E-state index contributed by atoms with van der Waals surface area (Å²) in [5, 5.41) is 9.65. The van der Waals surface area contributed by atoms with Crippen LogP contribution in [0.25, 0.3) is 0 Å². The van der Waals surface area contributed by atoms with E-state index in [9.17, 15) is 19.5 Å². The van der Waals surface area contributed by atoms with Gasteiger partial charge in [-0.05, 0) is 57.8 Å². The van der Waals surface area contributed by atoms with E-state index in [2.05, 4.69) is 74.6 Å². The maximum Gasteiger partial charge on any atom is 0.361 e. The van der Waals surface area contributed by atoms with E-state index < -0.39 is 24.3 Å². The molecule has 0 heterocycles. The number of quaternary nitrogens is 1. The van der Waals surface area contributed by atoms with Gasteiger partial charge < -0.3 is 28.5 Å². The summed E-state index contributed by atoms with van der Waals surface area (Å²) in [5.74, 6) is -2.05. The fourth-order valence-electron chi connectivity index (χ4n) is 6.51. The Morgan fingerprint density at radius 3 is 1.39 bits per heavy atom. The zero-order valence-electron chi connectivity index (χ0n) is 39.8. The van der Waals surface area contributed by atoms with Crippen molar-refractivity contribution < 1.29 is 42.9 Å². The molecule has 0 radical (unpaired) electrons. The third-order valence-corrected chi connectivity index (χ3v) is 10.3.